The summed E-state index contributed by atoms with van der Waals surface area (Å²) in [5.41, 5.74) is 1.43. The van der Waals surface area contributed by atoms with E-state index >= 15 is 0 Å². The lowest BCUT2D eigenvalue weighted by atomic mass is 10.0. The molecule has 7 nitrogen and oxygen atoms in total. The maximum atomic E-state index is 4.96. The maximum absolute atomic E-state index is 4.96. The third kappa shape index (κ3) is 5.49. The van der Waals surface area contributed by atoms with Gasteiger partial charge in [-0.2, -0.15) is 0 Å². The van der Waals surface area contributed by atoms with Crippen molar-refractivity contribution in [3.63, 3.8) is 0 Å². The minimum absolute atomic E-state index is 0.501. The Morgan fingerprint density at radius 2 is 1.81 bits per heavy atom. The molecule has 1 atom stereocenters. The van der Waals surface area contributed by atoms with E-state index in [4.69, 9.17) is 4.99 Å². The minimum atomic E-state index is 0.501. The summed E-state index contributed by atoms with van der Waals surface area (Å²) < 4.78 is 2.34. The van der Waals surface area contributed by atoms with E-state index in [1.165, 1.54) is 24.8 Å². The largest absolute Gasteiger partial charge is 0.357 e. The van der Waals surface area contributed by atoms with E-state index in [1.807, 2.05) is 0 Å². The number of aromatic nitrogens is 3. The Morgan fingerprint density at radius 1 is 1.00 bits per heavy atom. The molecular weight excluding hydrogens is 398 g/mol. The topological polar surface area (TPSA) is 61.6 Å². The second-order valence-corrected chi connectivity index (χ2v) is 8.84. The number of benzene rings is 1. The second kappa shape index (κ2) is 11.5. The number of hydrogen-bond acceptors (Lipinski definition) is 4. The van der Waals surface area contributed by atoms with Gasteiger partial charge in [0.2, 0.25) is 0 Å². The van der Waals surface area contributed by atoms with E-state index in [0.717, 1.165) is 82.7 Å². The molecule has 0 bridgehead atoms. The highest BCUT2D eigenvalue weighted by Gasteiger charge is 2.25. The Morgan fingerprint density at radius 3 is 2.56 bits per heavy atom. The van der Waals surface area contributed by atoms with Crippen molar-refractivity contribution in [1.29, 1.82) is 0 Å². The Labute approximate surface area is 192 Å². The molecule has 1 aromatic heterocycles. The molecule has 1 unspecified atom stereocenters. The summed E-state index contributed by atoms with van der Waals surface area (Å²) in [4.78, 5) is 10.0. The quantitative estimate of drug-likeness (QED) is 0.532. The standard InChI is InChI=1S/C25H39N7/c1-3-22(21-11-7-5-8-12-21)30-17-19-31(20-18-30)25(26-4-2)27-15-14-24-29-28-23-13-9-6-10-16-32(23)24/h5,7-8,11-12,22H,3-4,6,9-10,13-20H2,1-2H3,(H,26,27). The average Bonchev–Trinajstić information content (AvgIpc) is 3.06. The van der Waals surface area contributed by atoms with Gasteiger partial charge in [0.25, 0.3) is 0 Å². The summed E-state index contributed by atoms with van der Waals surface area (Å²) >= 11 is 0. The van der Waals surface area contributed by atoms with Crippen LogP contribution in [0.25, 0.3) is 0 Å². The maximum Gasteiger partial charge on any atom is 0.194 e. The van der Waals surface area contributed by atoms with Crippen molar-refractivity contribution in [1.82, 2.24) is 29.9 Å². The van der Waals surface area contributed by atoms with E-state index in [9.17, 15) is 0 Å². The monoisotopic (exact) mass is 437 g/mol. The molecule has 0 radical (unpaired) electrons. The Kier molecular flexibility index (Phi) is 8.15. The van der Waals surface area contributed by atoms with Crippen molar-refractivity contribution < 1.29 is 0 Å². The minimum Gasteiger partial charge on any atom is -0.357 e. The van der Waals surface area contributed by atoms with Gasteiger partial charge in [-0.05, 0) is 31.7 Å². The van der Waals surface area contributed by atoms with E-state index < -0.39 is 0 Å². The van der Waals surface area contributed by atoms with Gasteiger partial charge < -0.3 is 14.8 Å². The van der Waals surface area contributed by atoms with Gasteiger partial charge in [0, 0.05) is 64.7 Å². The van der Waals surface area contributed by atoms with Crippen LogP contribution in [0.1, 0.15) is 62.8 Å². The fourth-order valence-corrected chi connectivity index (χ4v) is 5.04. The highest BCUT2D eigenvalue weighted by molar-refractivity contribution is 5.80. The molecule has 4 rings (SSSR count). The van der Waals surface area contributed by atoms with E-state index in [0.29, 0.717) is 6.04 Å². The third-order valence-corrected chi connectivity index (χ3v) is 6.74. The zero-order chi connectivity index (χ0) is 22.2. The Hall–Kier alpha value is -2.41. The molecule has 0 amide bonds. The SMILES string of the molecule is CCNC(=NCCc1nnc2n1CCCCC2)N1CCN(C(CC)c2ccccc2)CC1. The Balaban J connectivity index is 1.34. The van der Waals surface area contributed by atoms with Crippen LogP contribution in [0.2, 0.25) is 0 Å². The predicted octanol–water partition coefficient (Wildman–Crippen LogP) is 3.28. The number of guanidine groups is 1. The summed E-state index contributed by atoms with van der Waals surface area (Å²) in [6.45, 7) is 11.3. The molecule has 0 spiro atoms. The van der Waals surface area contributed by atoms with Crippen LogP contribution in [-0.2, 0) is 19.4 Å². The molecule has 1 aromatic carbocycles. The van der Waals surface area contributed by atoms with Crippen LogP contribution in [0.3, 0.4) is 0 Å². The lowest BCUT2D eigenvalue weighted by Gasteiger charge is -2.40. The molecule has 7 heteroatoms. The summed E-state index contributed by atoms with van der Waals surface area (Å²) in [6, 6.07) is 11.4. The molecule has 1 fully saturated rings. The molecule has 1 N–H and O–H groups in total. The fraction of sp³-hybridized carbons (Fsp3) is 0.640. The van der Waals surface area contributed by atoms with Crippen molar-refractivity contribution in [3.05, 3.63) is 47.5 Å². The van der Waals surface area contributed by atoms with Gasteiger partial charge in [0.15, 0.2) is 5.96 Å². The van der Waals surface area contributed by atoms with Crippen LogP contribution in [0, 0.1) is 0 Å². The van der Waals surface area contributed by atoms with Crippen molar-refractivity contribution >= 4 is 5.96 Å². The summed E-state index contributed by atoms with van der Waals surface area (Å²) in [5, 5.41) is 12.4. The van der Waals surface area contributed by atoms with Gasteiger partial charge in [-0.15, -0.1) is 10.2 Å². The van der Waals surface area contributed by atoms with Crippen LogP contribution in [-0.4, -0.2) is 69.8 Å². The lowest BCUT2D eigenvalue weighted by Crippen LogP contribution is -2.53. The highest BCUT2D eigenvalue weighted by atomic mass is 15.4. The molecule has 2 aromatic rings. The molecule has 32 heavy (non-hydrogen) atoms. The van der Waals surface area contributed by atoms with Crippen LogP contribution in [0.5, 0.6) is 0 Å². The van der Waals surface area contributed by atoms with Crippen molar-refractivity contribution in [3.8, 4) is 0 Å². The van der Waals surface area contributed by atoms with Crippen LogP contribution >= 0.6 is 0 Å². The number of aryl methyl sites for hydroxylation is 1. The summed E-state index contributed by atoms with van der Waals surface area (Å²) in [7, 11) is 0. The first-order chi connectivity index (χ1) is 15.8. The van der Waals surface area contributed by atoms with Crippen LogP contribution in [0.15, 0.2) is 35.3 Å². The van der Waals surface area contributed by atoms with E-state index in [-0.39, 0.29) is 0 Å². The molecule has 174 valence electrons. The van der Waals surface area contributed by atoms with Crippen molar-refractivity contribution in [2.75, 3.05) is 39.3 Å². The zero-order valence-electron chi connectivity index (χ0n) is 19.8. The Bertz CT molecular complexity index is 852. The molecule has 2 aliphatic heterocycles. The number of fused-ring (bicyclic) bond motifs is 1. The van der Waals surface area contributed by atoms with Crippen LogP contribution in [0.4, 0.5) is 0 Å². The lowest BCUT2D eigenvalue weighted by molar-refractivity contribution is 0.127. The van der Waals surface area contributed by atoms with Crippen molar-refractivity contribution in [2.45, 2.75) is 65.0 Å². The highest BCUT2D eigenvalue weighted by Crippen LogP contribution is 2.25. The smallest absolute Gasteiger partial charge is 0.194 e. The van der Waals surface area contributed by atoms with Gasteiger partial charge >= 0.3 is 0 Å². The molecular formula is C25H39N7. The molecule has 1 saturated heterocycles. The molecule has 0 aliphatic carbocycles. The molecule has 2 aliphatic rings. The number of rotatable bonds is 7. The number of hydrogen-bond donors (Lipinski definition) is 1. The number of nitrogens with one attached hydrogen (secondary N) is 1. The first kappa shape index (κ1) is 22.8. The summed E-state index contributed by atoms with van der Waals surface area (Å²) in [5.74, 6) is 3.30. The molecule has 0 saturated carbocycles. The van der Waals surface area contributed by atoms with Crippen LogP contribution < -0.4 is 5.32 Å². The number of aliphatic imine (C=N–C) groups is 1. The normalized spacial score (nSPS) is 18.8. The fourth-order valence-electron chi connectivity index (χ4n) is 5.04. The molecule has 3 heterocycles. The van der Waals surface area contributed by atoms with Gasteiger partial charge in [0.1, 0.15) is 11.6 Å². The van der Waals surface area contributed by atoms with E-state index in [1.54, 1.807) is 0 Å². The van der Waals surface area contributed by atoms with Gasteiger partial charge in [-0.3, -0.25) is 9.89 Å². The number of piperazine rings is 1. The average molecular weight is 438 g/mol. The third-order valence-electron chi connectivity index (χ3n) is 6.74. The van der Waals surface area contributed by atoms with Gasteiger partial charge in [-0.25, -0.2) is 0 Å². The van der Waals surface area contributed by atoms with Gasteiger partial charge in [-0.1, -0.05) is 43.7 Å². The zero-order valence-corrected chi connectivity index (χ0v) is 19.8. The summed E-state index contributed by atoms with van der Waals surface area (Å²) in [6.07, 6.45) is 6.81. The first-order valence-corrected chi connectivity index (χ1v) is 12.5. The number of nitrogens with zero attached hydrogens (tertiary/aromatic N) is 6. The second-order valence-electron chi connectivity index (χ2n) is 8.84. The van der Waals surface area contributed by atoms with Crippen molar-refractivity contribution in [2.24, 2.45) is 4.99 Å². The van der Waals surface area contributed by atoms with E-state index in [2.05, 4.69) is 74.1 Å². The van der Waals surface area contributed by atoms with Gasteiger partial charge in [0.05, 0.1) is 0 Å². The first-order valence-electron chi connectivity index (χ1n) is 12.5. The predicted molar refractivity (Wildman–Crippen MR) is 130 cm³/mol.